The van der Waals surface area contributed by atoms with Gasteiger partial charge in [0.1, 0.15) is 0 Å². The van der Waals surface area contributed by atoms with E-state index in [4.69, 9.17) is 5.73 Å². The van der Waals surface area contributed by atoms with Gasteiger partial charge in [-0.3, -0.25) is 0 Å². The van der Waals surface area contributed by atoms with E-state index in [9.17, 15) is 5.11 Å². The molecule has 3 nitrogen and oxygen atoms in total. The minimum Gasteiger partial charge on any atom is -0.399 e. The summed E-state index contributed by atoms with van der Waals surface area (Å²) in [4.78, 5) is 0. The number of nitrogen functional groups attached to an aromatic ring is 1. The molecule has 0 aliphatic heterocycles. The third kappa shape index (κ3) is 2.89. The van der Waals surface area contributed by atoms with Crippen LogP contribution < -0.4 is 11.1 Å². The zero-order valence-electron chi connectivity index (χ0n) is 9.52. The second-order valence-corrected chi connectivity index (χ2v) is 4.58. The molecule has 2 unspecified atom stereocenters. The van der Waals surface area contributed by atoms with Crippen LogP contribution in [-0.4, -0.2) is 17.3 Å². The van der Waals surface area contributed by atoms with Gasteiger partial charge in [0.15, 0.2) is 0 Å². The monoisotopic (exact) mass is 220 g/mol. The van der Waals surface area contributed by atoms with Crippen molar-refractivity contribution >= 4 is 11.4 Å². The Morgan fingerprint density at radius 1 is 1.19 bits per heavy atom. The van der Waals surface area contributed by atoms with Crippen molar-refractivity contribution in [3.63, 3.8) is 0 Å². The maximum absolute atomic E-state index is 9.99. The van der Waals surface area contributed by atoms with Gasteiger partial charge in [-0.15, -0.1) is 0 Å². The van der Waals surface area contributed by atoms with E-state index >= 15 is 0 Å². The third-order valence-electron chi connectivity index (χ3n) is 3.22. The van der Waals surface area contributed by atoms with E-state index in [2.05, 4.69) is 5.32 Å². The summed E-state index contributed by atoms with van der Waals surface area (Å²) in [6.07, 6.45) is 5.26. The fraction of sp³-hybridized carbons (Fsp3) is 0.538. The van der Waals surface area contributed by atoms with Crippen LogP contribution in [0.2, 0.25) is 0 Å². The Hall–Kier alpha value is -1.22. The molecule has 0 heterocycles. The lowest BCUT2D eigenvalue weighted by atomic mass is 10.1. The highest BCUT2D eigenvalue weighted by Gasteiger charge is 2.21. The second kappa shape index (κ2) is 5.21. The molecule has 2 atom stereocenters. The number of anilines is 2. The van der Waals surface area contributed by atoms with Crippen LogP contribution in [0.1, 0.15) is 32.1 Å². The van der Waals surface area contributed by atoms with E-state index in [0.29, 0.717) is 0 Å². The molecule has 0 saturated heterocycles. The van der Waals surface area contributed by atoms with Crippen LogP contribution in [0, 0.1) is 0 Å². The minimum absolute atomic E-state index is 0.171. The average molecular weight is 220 g/mol. The van der Waals surface area contributed by atoms with Crippen LogP contribution in [0.15, 0.2) is 24.3 Å². The second-order valence-electron chi connectivity index (χ2n) is 4.58. The Balaban J connectivity index is 2.02. The van der Waals surface area contributed by atoms with Crippen LogP contribution in [-0.2, 0) is 0 Å². The van der Waals surface area contributed by atoms with E-state index < -0.39 is 0 Å². The molecule has 2 rings (SSSR count). The molecule has 0 radical (unpaired) electrons. The molecule has 3 heteroatoms. The van der Waals surface area contributed by atoms with Gasteiger partial charge < -0.3 is 16.2 Å². The number of rotatable bonds is 2. The highest BCUT2D eigenvalue weighted by atomic mass is 16.3. The van der Waals surface area contributed by atoms with Gasteiger partial charge in [0.25, 0.3) is 0 Å². The van der Waals surface area contributed by atoms with Crippen molar-refractivity contribution in [3.05, 3.63) is 24.3 Å². The topological polar surface area (TPSA) is 58.3 Å². The lowest BCUT2D eigenvalue weighted by molar-refractivity contribution is 0.144. The highest BCUT2D eigenvalue weighted by molar-refractivity contribution is 5.54. The standard InChI is InChI=1S/C13H20N2O/c14-10-5-4-6-11(9-10)15-12-7-2-1-3-8-13(12)16/h4-6,9,12-13,15-16H,1-3,7-8,14H2. The fourth-order valence-electron chi connectivity index (χ4n) is 2.30. The van der Waals surface area contributed by atoms with Crippen molar-refractivity contribution in [2.45, 2.75) is 44.2 Å². The summed E-state index contributed by atoms with van der Waals surface area (Å²) >= 11 is 0. The van der Waals surface area contributed by atoms with Gasteiger partial charge in [-0.2, -0.15) is 0 Å². The van der Waals surface area contributed by atoms with Crippen LogP contribution in [0.25, 0.3) is 0 Å². The lowest BCUT2D eigenvalue weighted by Gasteiger charge is -2.23. The first-order valence-electron chi connectivity index (χ1n) is 6.06. The van der Waals surface area contributed by atoms with Crippen LogP contribution in [0.3, 0.4) is 0 Å². The molecule has 1 aliphatic carbocycles. The normalized spacial score (nSPS) is 26.1. The van der Waals surface area contributed by atoms with Crippen LogP contribution in [0.4, 0.5) is 11.4 Å². The number of hydrogen-bond donors (Lipinski definition) is 3. The molecule has 1 saturated carbocycles. The Kier molecular flexibility index (Phi) is 3.67. The number of benzene rings is 1. The zero-order valence-corrected chi connectivity index (χ0v) is 9.52. The number of nitrogens with two attached hydrogens (primary N) is 1. The van der Waals surface area contributed by atoms with Gasteiger partial charge in [0.05, 0.1) is 12.1 Å². The Bertz CT molecular complexity index is 340. The summed E-state index contributed by atoms with van der Waals surface area (Å²) in [6.45, 7) is 0. The molecule has 88 valence electrons. The van der Waals surface area contributed by atoms with E-state index in [1.54, 1.807) is 0 Å². The zero-order chi connectivity index (χ0) is 11.4. The summed E-state index contributed by atoms with van der Waals surface area (Å²) in [5, 5.41) is 13.4. The van der Waals surface area contributed by atoms with E-state index in [0.717, 1.165) is 30.6 Å². The molecule has 0 aromatic heterocycles. The van der Waals surface area contributed by atoms with Gasteiger partial charge in [-0.05, 0) is 31.0 Å². The highest BCUT2D eigenvalue weighted by Crippen LogP contribution is 2.22. The Morgan fingerprint density at radius 2 is 2.00 bits per heavy atom. The molecule has 1 aromatic carbocycles. The fourth-order valence-corrected chi connectivity index (χ4v) is 2.30. The molecule has 1 aromatic rings. The van der Waals surface area contributed by atoms with Gasteiger partial charge >= 0.3 is 0 Å². The third-order valence-corrected chi connectivity index (χ3v) is 3.22. The van der Waals surface area contributed by atoms with Crippen molar-refractivity contribution in [1.29, 1.82) is 0 Å². The first kappa shape index (κ1) is 11.3. The predicted octanol–water partition coefficient (Wildman–Crippen LogP) is 2.37. The van der Waals surface area contributed by atoms with E-state index in [-0.39, 0.29) is 12.1 Å². The largest absolute Gasteiger partial charge is 0.399 e. The molecule has 16 heavy (non-hydrogen) atoms. The van der Waals surface area contributed by atoms with Gasteiger partial charge in [0.2, 0.25) is 0 Å². The summed E-state index contributed by atoms with van der Waals surface area (Å²) in [5.74, 6) is 0. The molecule has 0 spiro atoms. The number of hydrogen-bond acceptors (Lipinski definition) is 3. The quantitative estimate of drug-likeness (QED) is 0.530. The summed E-state index contributed by atoms with van der Waals surface area (Å²) in [5.41, 5.74) is 7.49. The Morgan fingerprint density at radius 3 is 2.81 bits per heavy atom. The number of aliphatic hydroxyl groups excluding tert-OH is 1. The Labute approximate surface area is 96.7 Å². The van der Waals surface area contributed by atoms with Crippen molar-refractivity contribution in [1.82, 2.24) is 0 Å². The lowest BCUT2D eigenvalue weighted by Crippen LogP contribution is -2.32. The van der Waals surface area contributed by atoms with Gasteiger partial charge in [-0.25, -0.2) is 0 Å². The van der Waals surface area contributed by atoms with E-state index in [1.807, 2.05) is 24.3 Å². The van der Waals surface area contributed by atoms with Crippen molar-refractivity contribution in [3.8, 4) is 0 Å². The number of nitrogens with one attached hydrogen (secondary N) is 1. The minimum atomic E-state index is -0.232. The van der Waals surface area contributed by atoms with Crippen LogP contribution in [0.5, 0.6) is 0 Å². The summed E-state index contributed by atoms with van der Waals surface area (Å²) in [6, 6.07) is 7.88. The molecular formula is C13H20N2O. The average Bonchev–Trinajstić information content (AvgIpc) is 2.45. The van der Waals surface area contributed by atoms with Crippen LogP contribution >= 0.6 is 0 Å². The molecule has 1 fully saturated rings. The predicted molar refractivity (Wildman–Crippen MR) is 67.4 cm³/mol. The summed E-state index contributed by atoms with van der Waals surface area (Å²) < 4.78 is 0. The SMILES string of the molecule is Nc1cccc(NC2CCCCCC2O)c1. The molecule has 4 N–H and O–H groups in total. The molecule has 0 bridgehead atoms. The smallest absolute Gasteiger partial charge is 0.0741 e. The first-order valence-corrected chi connectivity index (χ1v) is 6.06. The molecule has 1 aliphatic rings. The van der Waals surface area contributed by atoms with Gasteiger partial charge in [-0.1, -0.05) is 25.3 Å². The molecule has 0 amide bonds. The van der Waals surface area contributed by atoms with Gasteiger partial charge in [0, 0.05) is 11.4 Å². The number of aliphatic hydroxyl groups is 1. The first-order chi connectivity index (χ1) is 7.75. The van der Waals surface area contributed by atoms with Crippen molar-refractivity contribution in [2.24, 2.45) is 0 Å². The van der Waals surface area contributed by atoms with Crippen molar-refractivity contribution in [2.75, 3.05) is 11.1 Å². The maximum Gasteiger partial charge on any atom is 0.0741 e. The maximum atomic E-state index is 9.99. The van der Waals surface area contributed by atoms with Crippen molar-refractivity contribution < 1.29 is 5.11 Å². The molecular weight excluding hydrogens is 200 g/mol. The summed E-state index contributed by atoms with van der Waals surface area (Å²) in [7, 11) is 0. The van der Waals surface area contributed by atoms with E-state index in [1.165, 1.54) is 12.8 Å².